The molecule has 128 valence electrons. The van der Waals surface area contributed by atoms with Gasteiger partial charge in [0.15, 0.2) is 11.4 Å². The van der Waals surface area contributed by atoms with Crippen molar-refractivity contribution < 1.29 is 29.3 Å². The molecule has 2 N–H and O–H groups in total. The predicted octanol–water partition coefficient (Wildman–Crippen LogP) is 0.984. The van der Waals surface area contributed by atoms with E-state index >= 15 is 0 Å². The van der Waals surface area contributed by atoms with Gasteiger partial charge < -0.3 is 19.7 Å². The summed E-state index contributed by atoms with van der Waals surface area (Å²) >= 11 is 0. The van der Waals surface area contributed by atoms with Crippen molar-refractivity contribution in [3.63, 3.8) is 0 Å². The van der Waals surface area contributed by atoms with Crippen molar-refractivity contribution >= 4 is 11.9 Å². The number of hydrogen-bond donors (Lipinski definition) is 2. The number of nitrogens with zero attached hydrogens (tertiary/aromatic N) is 4. The Labute approximate surface area is 137 Å². The molecule has 0 aliphatic carbocycles. The first-order valence-corrected chi connectivity index (χ1v) is 6.52. The third-order valence-electron chi connectivity index (χ3n) is 2.48. The number of rotatable bonds is 4. The summed E-state index contributed by atoms with van der Waals surface area (Å²) in [5.41, 5.74) is 0.564. The molecule has 0 amide bonds. The Morgan fingerprint density at radius 3 is 1.92 bits per heavy atom. The zero-order valence-electron chi connectivity index (χ0n) is 13.5. The van der Waals surface area contributed by atoms with Gasteiger partial charge in [-0.15, -0.1) is 0 Å². The second-order valence-corrected chi connectivity index (χ2v) is 4.33. The molecule has 0 bridgehead atoms. The van der Waals surface area contributed by atoms with E-state index in [1.165, 1.54) is 26.4 Å². The van der Waals surface area contributed by atoms with Crippen molar-refractivity contribution in [2.75, 3.05) is 14.2 Å². The van der Waals surface area contributed by atoms with Crippen LogP contribution in [-0.2, 0) is 0 Å². The molecule has 0 spiro atoms. The molecule has 0 saturated carbocycles. The van der Waals surface area contributed by atoms with E-state index in [0.29, 0.717) is 11.5 Å². The molecule has 0 unspecified atom stereocenters. The van der Waals surface area contributed by atoms with Crippen molar-refractivity contribution in [2.24, 2.45) is 0 Å². The lowest BCUT2D eigenvalue weighted by Gasteiger charge is -2.02. The minimum Gasteiger partial charge on any atom is -0.481 e. The van der Waals surface area contributed by atoms with Crippen LogP contribution >= 0.6 is 0 Å². The first-order chi connectivity index (χ1) is 11.3. The maximum absolute atomic E-state index is 10.5. The van der Waals surface area contributed by atoms with Gasteiger partial charge in [0.2, 0.25) is 5.88 Å². The number of carboxylic acids is 2. The maximum Gasteiger partial charge on any atom is 0.354 e. The van der Waals surface area contributed by atoms with E-state index in [-0.39, 0.29) is 23.3 Å². The molecule has 0 aliphatic heterocycles. The molecule has 0 saturated heterocycles. The SMILES string of the molecule is COc1cc(C(=O)O)nc(OC)n1.Cc1cc(C(=O)O)nc(C)n1. The van der Waals surface area contributed by atoms with Gasteiger partial charge in [0.25, 0.3) is 0 Å². The van der Waals surface area contributed by atoms with Gasteiger partial charge in [0.05, 0.1) is 14.2 Å². The van der Waals surface area contributed by atoms with Crippen molar-refractivity contribution in [3.05, 3.63) is 35.0 Å². The fourth-order valence-corrected chi connectivity index (χ4v) is 1.54. The number of aromatic carboxylic acids is 2. The number of aromatic nitrogens is 4. The molecule has 2 rings (SSSR count). The van der Waals surface area contributed by atoms with Crippen molar-refractivity contribution in [1.82, 2.24) is 19.9 Å². The van der Waals surface area contributed by atoms with Crippen LogP contribution in [0.15, 0.2) is 12.1 Å². The van der Waals surface area contributed by atoms with E-state index in [9.17, 15) is 9.59 Å². The molecule has 10 nitrogen and oxygen atoms in total. The largest absolute Gasteiger partial charge is 0.481 e. The first-order valence-electron chi connectivity index (χ1n) is 6.52. The lowest BCUT2D eigenvalue weighted by Crippen LogP contribution is -2.04. The molecule has 2 aromatic rings. The summed E-state index contributed by atoms with van der Waals surface area (Å²) in [5.74, 6) is -1.52. The van der Waals surface area contributed by atoms with Gasteiger partial charge in [-0.3, -0.25) is 0 Å². The summed E-state index contributed by atoms with van der Waals surface area (Å²) in [4.78, 5) is 35.9. The van der Waals surface area contributed by atoms with Crippen LogP contribution < -0.4 is 9.47 Å². The number of carboxylic acid groups (broad SMARTS) is 2. The van der Waals surface area contributed by atoms with Gasteiger partial charge in [-0.05, 0) is 19.9 Å². The number of methoxy groups -OCH3 is 2. The maximum atomic E-state index is 10.5. The van der Waals surface area contributed by atoms with Crippen molar-refractivity contribution in [1.29, 1.82) is 0 Å². The number of hydrogen-bond acceptors (Lipinski definition) is 8. The minimum atomic E-state index is -1.15. The van der Waals surface area contributed by atoms with Gasteiger partial charge in [-0.1, -0.05) is 0 Å². The Morgan fingerprint density at radius 2 is 1.46 bits per heavy atom. The van der Waals surface area contributed by atoms with E-state index in [2.05, 4.69) is 24.7 Å². The van der Waals surface area contributed by atoms with Gasteiger partial charge in [0.1, 0.15) is 5.82 Å². The Kier molecular flexibility index (Phi) is 6.53. The third-order valence-corrected chi connectivity index (χ3v) is 2.48. The monoisotopic (exact) mass is 336 g/mol. The van der Waals surface area contributed by atoms with E-state index in [0.717, 1.165) is 0 Å². The average Bonchev–Trinajstić information content (AvgIpc) is 2.53. The van der Waals surface area contributed by atoms with Crippen LogP contribution in [0.3, 0.4) is 0 Å². The van der Waals surface area contributed by atoms with E-state index < -0.39 is 11.9 Å². The second-order valence-electron chi connectivity index (χ2n) is 4.33. The number of aryl methyl sites for hydroxylation is 2. The highest BCUT2D eigenvalue weighted by atomic mass is 16.5. The van der Waals surface area contributed by atoms with Gasteiger partial charge in [-0.25, -0.2) is 19.6 Å². The average molecular weight is 336 g/mol. The van der Waals surface area contributed by atoms with Crippen LogP contribution in [0.5, 0.6) is 11.9 Å². The highest BCUT2D eigenvalue weighted by Crippen LogP contribution is 2.12. The molecule has 0 radical (unpaired) electrons. The second kappa shape index (κ2) is 8.36. The lowest BCUT2D eigenvalue weighted by molar-refractivity contribution is 0.0678. The zero-order chi connectivity index (χ0) is 18.3. The quantitative estimate of drug-likeness (QED) is 0.828. The fraction of sp³-hybridized carbons (Fsp3) is 0.286. The molecular formula is C14H16N4O6. The topological polar surface area (TPSA) is 145 Å². The zero-order valence-corrected chi connectivity index (χ0v) is 13.5. The normalized spacial score (nSPS) is 9.50. The summed E-state index contributed by atoms with van der Waals surface area (Å²) < 4.78 is 9.43. The van der Waals surface area contributed by atoms with Gasteiger partial charge in [0, 0.05) is 11.8 Å². The molecule has 24 heavy (non-hydrogen) atoms. The lowest BCUT2D eigenvalue weighted by atomic mass is 10.3. The highest BCUT2D eigenvalue weighted by molar-refractivity contribution is 5.85. The predicted molar refractivity (Wildman–Crippen MR) is 80.6 cm³/mol. The molecule has 0 atom stereocenters. The molecule has 2 heterocycles. The highest BCUT2D eigenvalue weighted by Gasteiger charge is 2.10. The van der Waals surface area contributed by atoms with Crippen LogP contribution in [0.4, 0.5) is 0 Å². The first kappa shape index (κ1) is 18.7. The Bertz CT molecular complexity index is 708. The molecule has 0 aromatic carbocycles. The summed E-state index contributed by atoms with van der Waals surface area (Å²) in [5, 5.41) is 17.2. The smallest absolute Gasteiger partial charge is 0.354 e. The molecule has 0 aliphatic rings. The minimum absolute atomic E-state index is 0.0308. The molecular weight excluding hydrogens is 320 g/mol. The van der Waals surface area contributed by atoms with Crippen LogP contribution in [0, 0.1) is 13.8 Å². The fourth-order valence-electron chi connectivity index (χ4n) is 1.54. The van der Waals surface area contributed by atoms with Crippen LogP contribution in [0.1, 0.15) is 32.5 Å². The summed E-state index contributed by atoms with van der Waals surface area (Å²) in [6.07, 6.45) is 0. The summed E-state index contributed by atoms with van der Waals surface area (Å²) in [6.45, 7) is 3.40. The van der Waals surface area contributed by atoms with Gasteiger partial charge >= 0.3 is 17.9 Å². The Morgan fingerprint density at radius 1 is 0.875 bits per heavy atom. The summed E-state index contributed by atoms with van der Waals surface area (Å²) in [6, 6.07) is 2.62. The number of ether oxygens (including phenoxy) is 2. The van der Waals surface area contributed by atoms with Gasteiger partial charge in [-0.2, -0.15) is 9.97 Å². The Balaban J connectivity index is 0.000000243. The van der Waals surface area contributed by atoms with E-state index in [1.54, 1.807) is 13.8 Å². The standard InChI is InChI=1S/C7H8N2O4.C7H8N2O2/c1-12-5-3-4(6(10)11)8-7(9-5)13-2;1-4-3-6(7(10)11)9-5(2)8-4/h3H,1-2H3,(H,10,11);3H,1-2H3,(H,10,11). The molecule has 2 aromatic heterocycles. The molecule has 10 heteroatoms. The molecule has 0 fully saturated rings. The summed E-state index contributed by atoms with van der Waals surface area (Å²) in [7, 11) is 2.73. The van der Waals surface area contributed by atoms with E-state index in [4.69, 9.17) is 14.9 Å². The number of carbonyl (C=O) groups is 2. The van der Waals surface area contributed by atoms with Crippen molar-refractivity contribution in [2.45, 2.75) is 13.8 Å². The van der Waals surface area contributed by atoms with Crippen molar-refractivity contribution in [3.8, 4) is 11.9 Å². The van der Waals surface area contributed by atoms with Crippen LogP contribution in [-0.4, -0.2) is 56.3 Å². The van der Waals surface area contributed by atoms with Crippen LogP contribution in [0.25, 0.3) is 0 Å². The van der Waals surface area contributed by atoms with Crippen LogP contribution in [0.2, 0.25) is 0 Å². The van der Waals surface area contributed by atoms with E-state index in [1.807, 2.05) is 0 Å². The third kappa shape index (κ3) is 5.48. The Hall–Kier alpha value is -3.30.